The first-order chi connectivity index (χ1) is 16.3. The first kappa shape index (κ1) is 21.4. The number of rotatable bonds is 8. The van der Waals surface area contributed by atoms with E-state index in [1.807, 2.05) is 0 Å². The van der Waals surface area contributed by atoms with E-state index in [0.29, 0.717) is 0 Å². The van der Waals surface area contributed by atoms with Gasteiger partial charge in [0.15, 0.2) is 0 Å². The van der Waals surface area contributed by atoms with Crippen molar-refractivity contribution in [1.29, 1.82) is 0 Å². The van der Waals surface area contributed by atoms with Gasteiger partial charge in [0.25, 0.3) is 0 Å². The van der Waals surface area contributed by atoms with Gasteiger partial charge in [-0.25, -0.2) is 0 Å². The third-order valence-corrected chi connectivity index (χ3v) is 6.49. The molecule has 5 heterocycles. The maximum absolute atomic E-state index is 3.65. The third-order valence-electron chi connectivity index (χ3n) is 6.49. The third kappa shape index (κ3) is 5.33. The number of hydrogen-bond acceptors (Lipinski definition) is 0. The zero-order valence-corrected chi connectivity index (χ0v) is 19.5. The van der Waals surface area contributed by atoms with Gasteiger partial charge in [-0.15, -0.1) is 0 Å². The van der Waals surface area contributed by atoms with Crippen molar-refractivity contribution in [2.45, 2.75) is 58.3 Å². The Morgan fingerprint density at radius 2 is 1.09 bits per heavy atom. The molecule has 8 bridgehead atoms. The van der Waals surface area contributed by atoms with Crippen LogP contribution in [-0.4, -0.2) is 19.9 Å². The lowest BCUT2D eigenvalue weighted by Crippen LogP contribution is -2.14. The zero-order chi connectivity index (χ0) is 22.5. The van der Waals surface area contributed by atoms with Crippen molar-refractivity contribution in [3.63, 3.8) is 0 Å². The molecule has 4 aromatic rings. The fourth-order valence-electron chi connectivity index (χ4n) is 4.72. The fourth-order valence-corrected chi connectivity index (χ4v) is 4.72. The topological polar surface area (TPSA) is 63.2 Å². The second-order valence-corrected chi connectivity index (χ2v) is 9.18. The van der Waals surface area contributed by atoms with E-state index in [1.54, 1.807) is 0 Å². The minimum atomic E-state index is 1.07. The summed E-state index contributed by atoms with van der Waals surface area (Å²) in [5.41, 5.74) is 5.86. The molecule has 0 atom stereocenters. The molecule has 170 valence electrons. The molecule has 0 aromatic carbocycles. The molecular formula is C29H34N4. The summed E-state index contributed by atoms with van der Waals surface area (Å²) in [6.45, 7) is 2.28. The van der Waals surface area contributed by atoms with Crippen LogP contribution in [0.15, 0.2) is 48.5 Å². The monoisotopic (exact) mass is 438 g/mol. The van der Waals surface area contributed by atoms with Crippen LogP contribution < -0.4 is 21.4 Å². The van der Waals surface area contributed by atoms with Crippen LogP contribution in [0.3, 0.4) is 0 Å². The van der Waals surface area contributed by atoms with Gasteiger partial charge in [0.05, 0.1) is 0 Å². The van der Waals surface area contributed by atoms with E-state index in [9.17, 15) is 0 Å². The Morgan fingerprint density at radius 1 is 0.515 bits per heavy atom. The smallest absolute Gasteiger partial charge is 0.0438 e. The predicted molar refractivity (Wildman–Crippen MR) is 137 cm³/mol. The summed E-state index contributed by atoms with van der Waals surface area (Å²) in [4.78, 5) is 14.3. The number of fused-ring (bicyclic) bond motifs is 8. The highest BCUT2D eigenvalue weighted by molar-refractivity contribution is 5.64. The van der Waals surface area contributed by atoms with Crippen LogP contribution in [0.25, 0.3) is 23.8 Å². The lowest BCUT2D eigenvalue weighted by atomic mass is 10.0. The summed E-state index contributed by atoms with van der Waals surface area (Å²) in [6.07, 6.45) is 16.8. The zero-order valence-electron chi connectivity index (χ0n) is 19.5. The van der Waals surface area contributed by atoms with E-state index < -0.39 is 0 Å². The molecule has 4 heteroatoms. The van der Waals surface area contributed by atoms with Crippen molar-refractivity contribution < 1.29 is 0 Å². The quantitative estimate of drug-likeness (QED) is 0.299. The molecule has 0 aliphatic carbocycles. The van der Waals surface area contributed by atoms with Crippen LogP contribution in [-0.2, 0) is 0 Å². The van der Waals surface area contributed by atoms with Gasteiger partial charge >= 0.3 is 0 Å². The minimum absolute atomic E-state index is 1.07. The van der Waals surface area contributed by atoms with E-state index in [1.165, 1.54) is 61.6 Å². The average molecular weight is 439 g/mol. The van der Waals surface area contributed by atoms with Crippen molar-refractivity contribution in [3.8, 4) is 0 Å². The van der Waals surface area contributed by atoms with Crippen LogP contribution in [0.5, 0.6) is 0 Å². The number of H-pyrrole nitrogens is 4. The highest BCUT2D eigenvalue weighted by Gasteiger charge is 2.07. The summed E-state index contributed by atoms with van der Waals surface area (Å²) in [5, 5.41) is 4.49. The average Bonchev–Trinajstić information content (AvgIpc) is 3.60. The molecular weight excluding hydrogens is 404 g/mol. The van der Waals surface area contributed by atoms with Gasteiger partial charge in [-0.3, -0.25) is 0 Å². The highest BCUT2D eigenvalue weighted by Crippen LogP contribution is 2.19. The van der Waals surface area contributed by atoms with Crippen molar-refractivity contribution in [2.75, 3.05) is 0 Å². The maximum atomic E-state index is 3.65. The molecule has 0 unspecified atom stereocenters. The molecule has 0 saturated heterocycles. The summed E-state index contributed by atoms with van der Waals surface area (Å²) in [6, 6.07) is 17.3. The molecule has 0 spiro atoms. The van der Waals surface area contributed by atoms with E-state index in [4.69, 9.17) is 0 Å². The van der Waals surface area contributed by atoms with Crippen molar-refractivity contribution in [1.82, 2.24) is 19.9 Å². The minimum Gasteiger partial charge on any atom is -0.355 e. The van der Waals surface area contributed by atoms with E-state index in [2.05, 4.69) is 93.6 Å². The fraction of sp³-hybridized carbons (Fsp3) is 0.310. The van der Waals surface area contributed by atoms with Crippen LogP contribution in [0.1, 0.15) is 81.1 Å². The number of unbranched alkanes of at least 4 members (excludes halogenated alkanes) is 6. The molecule has 0 fully saturated rings. The van der Waals surface area contributed by atoms with Crippen LogP contribution >= 0.6 is 0 Å². The normalized spacial score (nSPS) is 12.8. The number of aromatic nitrogens is 4. The van der Waals surface area contributed by atoms with Gasteiger partial charge in [0.2, 0.25) is 0 Å². The first-order valence-corrected chi connectivity index (χ1v) is 12.4. The van der Waals surface area contributed by atoms with E-state index in [0.717, 1.165) is 39.5 Å². The number of hydrogen-bond donors (Lipinski definition) is 4. The van der Waals surface area contributed by atoms with Gasteiger partial charge in [0.1, 0.15) is 0 Å². The molecule has 0 amide bonds. The second-order valence-electron chi connectivity index (χ2n) is 9.18. The molecule has 4 nitrogen and oxygen atoms in total. The Morgan fingerprint density at radius 3 is 1.82 bits per heavy atom. The number of aromatic amines is 4. The molecule has 33 heavy (non-hydrogen) atoms. The van der Waals surface area contributed by atoms with Crippen LogP contribution in [0.2, 0.25) is 0 Å². The predicted octanol–water partition coefficient (Wildman–Crippen LogP) is 4.14. The highest BCUT2D eigenvalue weighted by atomic mass is 14.8. The first-order valence-electron chi connectivity index (χ1n) is 12.4. The Labute approximate surface area is 194 Å². The summed E-state index contributed by atoms with van der Waals surface area (Å²) < 4.78 is 0. The SMILES string of the molecule is CCCCCCCCCC1=c2ccc([nH]2)=Cc2ccc([nH]2)C=c2ccc([nH]2)=Cc2ccc1[nH]2. The van der Waals surface area contributed by atoms with Crippen molar-refractivity contribution in [2.24, 2.45) is 0 Å². The lowest BCUT2D eigenvalue weighted by Gasteiger charge is -2.06. The summed E-state index contributed by atoms with van der Waals surface area (Å²) in [7, 11) is 0. The molecule has 0 radical (unpaired) electrons. The van der Waals surface area contributed by atoms with Crippen LogP contribution in [0.4, 0.5) is 0 Å². The molecule has 1 aliphatic heterocycles. The molecule has 5 rings (SSSR count). The van der Waals surface area contributed by atoms with Gasteiger partial charge in [-0.1, -0.05) is 45.4 Å². The molecule has 0 saturated carbocycles. The Bertz CT molecular complexity index is 1440. The standard InChI is InChI=1S/C29H34N4/c1-2-3-4-5-6-7-8-9-27-28-16-14-25(32-28)19-23-12-10-21(30-23)18-22-11-13-24(31-22)20-26-15-17-29(27)33-26/h10-20,30-33H,2-9H2,1H3. The van der Waals surface area contributed by atoms with Crippen molar-refractivity contribution in [3.05, 3.63) is 92.7 Å². The second kappa shape index (κ2) is 10.0. The lowest BCUT2D eigenvalue weighted by molar-refractivity contribution is 0.593. The van der Waals surface area contributed by atoms with Gasteiger partial charge < -0.3 is 19.9 Å². The largest absolute Gasteiger partial charge is 0.355 e. The Balaban J connectivity index is 1.50. The maximum Gasteiger partial charge on any atom is 0.0438 e. The van der Waals surface area contributed by atoms with Gasteiger partial charge in [-0.2, -0.15) is 0 Å². The van der Waals surface area contributed by atoms with Gasteiger partial charge in [0, 0.05) is 44.2 Å². The van der Waals surface area contributed by atoms with Crippen LogP contribution in [0, 0.1) is 0 Å². The molecule has 4 aromatic heterocycles. The Kier molecular flexibility index (Phi) is 6.52. The molecule has 1 aliphatic rings. The van der Waals surface area contributed by atoms with E-state index >= 15 is 0 Å². The van der Waals surface area contributed by atoms with Gasteiger partial charge in [-0.05, 0) is 85.2 Å². The number of nitrogens with one attached hydrogen (secondary N) is 4. The summed E-state index contributed by atoms with van der Waals surface area (Å²) in [5.74, 6) is 0. The summed E-state index contributed by atoms with van der Waals surface area (Å²) >= 11 is 0. The van der Waals surface area contributed by atoms with E-state index in [-0.39, 0.29) is 0 Å². The van der Waals surface area contributed by atoms with Crippen molar-refractivity contribution >= 4 is 23.8 Å². The Hall–Kier alpha value is -3.40. The molecule has 4 N–H and O–H groups in total.